The summed E-state index contributed by atoms with van der Waals surface area (Å²) >= 11 is 8.82. The van der Waals surface area contributed by atoms with Gasteiger partial charge in [-0.1, -0.05) is 30.3 Å². The normalized spacial score (nSPS) is 10.7. The van der Waals surface area contributed by atoms with Crippen LogP contribution in [0.5, 0.6) is 11.5 Å². The molecule has 0 aliphatic heterocycles. The molecule has 2 aromatic heterocycles. The molecule has 0 fully saturated rings. The molecule has 4 aromatic rings. The van der Waals surface area contributed by atoms with Crippen LogP contribution in [0.25, 0.3) is 22.2 Å². The Labute approximate surface area is 220 Å². The summed E-state index contributed by atoms with van der Waals surface area (Å²) in [7, 11) is 3.15. The molecule has 0 bridgehead atoms. The molecule has 2 heterocycles. The summed E-state index contributed by atoms with van der Waals surface area (Å²) in [4.78, 5) is 25.4. The van der Waals surface area contributed by atoms with Gasteiger partial charge in [-0.3, -0.25) is 4.79 Å². The first kappa shape index (κ1) is 24.7. The highest BCUT2D eigenvalue weighted by Gasteiger charge is 2.19. The molecule has 10 heteroatoms. The smallest absolute Gasteiger partial charge is 0.247 e. The Morgan fingerprint density at radius 3 is 2.63 bits per heavy atom. The molecule has 35 heavy (non-hydrogen) atoms. The number of hydrogen-bond acceptors (Lipinski definition) is 7. The molecule has 2 aromatic carbocycles. The van der Waals surface area contributed by atoms with Crippen LogP contribution in [0.1, 0.15) is 5.56 Å². The molecule has 0 unspecified atom stereocenters. The molecule has 178 valence electrons. The summed E-state index contributed by atoms with van der Waals surface area (Å²) in [5, 5.41) is 7.17. The number of nitrogens with one attached hydrogen (secondary N) is 2. The Morgan fingerprint density at radius 1 is 1.14 bits per heavy atom. The van der Waals surface area contributed by atoms with E-state index in [4.69, 9.17) is 21.1 Å². The number of methoxy groups -OCH3 is 2. The number of anilines is 3. The Kier molecular flexibility index (Phi) is 7.37. The second-order valence-electron chi connectivity index (χ2n) is 7.43. The molecular formula is C25H21ClIN5O3. The van der Waals surface area contributed by atoms with Gasteiger partial charge < -0.3 is 20.1 Å². The van der Waals surface area contributed by atoms with Crippen LogP contribution in [0.3, 0.4) is 0 Å². The van der Waals surface area contributed by atoms with Crippen LogP contribution in [0.2, 0.25) is 5.02 Å². The van der Waals surface area contributed by atoms with E-state index in [9.17, 15) is 4.79 Å². The topological polar surface area (TPSA) is 98.3 Å². The Morgan fingerprint density at radius 2 is 1.91 bits per heavy atom. The molecule has 8 nitrogen and oxygen atoms in total. The van der Waals surface area contributed by atoms with E-state index in [2.05, 4.69) is 54.8 Å². The number of aryl methyl sites for hydroxylation is 1. The van der Waals surface area contributed by atoms with Crippen molar-refractivity contribution in [2.24, 2.45) is 0 Å². The molecule has 0 radical (unpaired) electrons. The molecule has 0 atom stereocenters. The summed E-state index contributed by atoms with van der Waals surface area (Å²) in [5.74, 6) is 1.19. The van der Waals surface area contributed by atoms with Gasteiger partial charge in [-0.05, 0) is 53.3 Å². The molecule has 0 aliphatic carbocycles. The number of aromatic nitrogens is 3. The highest BCUT2D eigenvalue weighted by Crippen LogP contribution is 2.44. The quantitative estimate of drug-likeness (QED) is 0.194. The van der Waals surface area contributed by atoms with Crippen molar-refractivity contribution >= 4 is 68.5 Å². The first-order valence-corrected chi connectivity index (χ1v) is 11.8. The standard InChI is InChI=1S/C25H21ClIN5O3/c1-5-19(33)30-16-8-6-7-13(2)23(16)31-25-29-12-15-9-14(11-28-24(15)32-25)20-21(26)17(34-3)10-18(35-4)22(20)27/h5-12H,1H2,2-4H3,(H,30,33)(H,28,29,31,32). The van der Waals surface area contributed by atoms with E-state index in [1.54, 1.807) is 38.7 Å². The predicted molar refractivity (Wildman–Crippen MR) is 147 cm³/mol. The van der Waals surface area contributed by atoms with Crippen molar-refractivity contribution in [3.8, 4) is 22.6 Å². The third-order valence-electron chi connectivity index (χ3n) is 5.25. The van der Waals surface area contributed by atoms with Crippen molar-refractivity contribution in [1.82, 2.24) is 15.0 Å². The van der Waals surface area contributed by atoms with Gasteiger partial charge >= 0.3 is 0 Å². The largest absolute Gasteiger partial charge is 0.495 e. The fraction of sp³-hybridized carbons (Fsp3) is 0.120. The fourth-order valence-electron chi connectivity index (χ4n) is 3.49. The van der Waals surface area contributed by atoms with Crippen LogP contribution in [-0.4, -0.2) is 35.1 Å². The number of benzene rings is 2. The Balaban J connectivity index is 1.72. The van der Waals surface area contributed by atoms with E-state index in [1.807, 2.05) is 25.1 Å². The van der Waals surface area contributed by atoms with E-state index >= 15 is 0 Å². The lowest BCUT2D eigenvalue weighted by Gasteiger charge is -2.15. The zero-order chi connectivity index (χ0) is 25.1. The van der Waals surface area contributed by atoms with E-state index < -0.39 is 0 Å². The first-order chi connectivity index (χ1) is 16.9. The number of fused-ring (bicyclic) bond motifs is 1. The fourth-order valence-corrected chi connectivity index (χ4v) is 4.94. The Hall–Kier alpha value is -3.44. The lowest BCUT2D eigenvalue weighted by molar-refractivity contribution is -0.111. The Bertz CT molecular complexity index is 1430. The van der Waals surface area contributed by atoms with E-state index in [1.165, 1.54) is 6.08 Å². The molecule has 1 amide bonds. The lowest BCUT2D eigenvalue weighted by atomic mass is 10.1. The first-order valence-electron chi connectivity index (χ1n) is 10.4. The third kappa shape index (κ3) is 5.01. The summed E-state index contributed by atoms with van der Waals surface area (Å²) in [6.07, 6.45) is 4.59. The van der Waals surface area contributed by atoms with Crippen molar-refractivity contribution in [1.29, 1.82) is 0 Å². The van der Waals surface area contributed by atoms with Crippen LogP contribution in [-0.2, 0) is 4.79 Å². The number of ether oxygens (including phenoxy) is 2. The highest BCUT2D eigenvalue weighted by atomic mass is 127. The average molecular weight is 602 g/mol. The maximum absolute atomic E-state index is 11.8. The third-order valence-corrected chi connectivity index (χ3v) is 6.69. The van der Waals surface area contributed by atoms with Crippen molar-refractivity contribution in [2.75, 3.05) is 24.9 Å². The number of halogens is 2. The maximum atomic E-state index is 11.8. The van der Waals surface area contributed by atoms with Crippen LogP contribution in [0, 0.1) is 10.5 Å². The van der Waals surface area contributed by atoms with Crippen LogP contribution < -0.4 is 20.1 Å². The van der Waals surface area contributed by atoms with Gasteiger partial charge in [0.05, 0.1) is 34.2 Å². The number of carbonyl (C=O) groups is 1. The van der Waals surface area contributed by atoms with Gasteiger partial charge in [0.2, 0.25) is 11.9 Å². The number of carbonyl (C=O) groups excluding carboxylic acids is 1. The zero-order valence-corrected chi connectivity index (χ0v) is 22.1. The number of para-hydroxylation sites is 1. The number of amides is 1. The number of hydrogen-bond donors (Lipinski definition) is 2. The van der Waals surface area contributed by atoms with Crippen molar-refractivity contribution in [3.05, 3.63) is 69.5 Å². The van der Waals surface area contributed by atoms with Crippen LogP contribution in [0.15, 0.2) is 55.4 Å². The summed E-state index contributed by atoms with van der Waals surface area (Å²) < 4.78 is 11.7. The average Bonchev–Trinajstić information content (AvgIpc) is 2.86. The molecule has 4 rings (SSSR count). The van der Waals surface area contributed by atoms with Gasteiger partial charge in [0.25, 0.3) is 0 Å². The van der Waals surface area contributed by atoms with Gasteiger partial charge in [-0.25, -0.2) is 9.97 Å². The summed E-state index contributed by atoms with van der Waals surface area (Å²) in [6, 6.07) is 9.23. The number of rotatable bonds is 7. The van der Waals surface area contributed by atoms with Gasteiger partial charge in [0, 0.05) is 35.0 Å². The minimum absolute atomic E-state index is 0.310. The summed E-state index contributed by atoms with van der Waals surface area (Å²) in [5.41, 5.74) is 4.22. The van der Waals surface area contributed by atoms with Crippen molar-refractivity contribution in [2.45, 2.75) is 6.92 Å². The highest BCUT2D eigenvalue weighted by molar-refractivity contribution is 14.1. The SMILES string of the molecule is C=CC(=O)Nc1cccc(C)c1Nc1ncc2cc(-c3c(Cl)c(OC)cc(OC)c3I)cnc2n1. The van der Waals surface area contributed by atoms with Gasteiger partial charge in [-0.2, -0.15) is 4.98 Å². The van der Waals surface area contributed by atoms with E-state index in [-0.39, 0.29) is 5.91 Å². The predicted octanol–water partition coefficient (Wildman–Crippen LogP) is 6.14. The second-order valence-corrected chi connectivity index (χ2v) is 8.89. The van der Waals surface area contributed by atoms with E-state index in [0.29, 0.717) is 39.5 Å². The van der Waals surface area contributed by atoms with Crippen molar-refractivity contribution in [3.63, 3.8) is 0 Å². The maximum Gasteiger partial charge on any atom is 0.247 e. The van der Waals surface area contributed by atoms with Crippen molar-refractivity contribution < 1.29 is 14.3 Å². The molecule has 0 saturated heterocycles. The molecule has 2 N–H and O–H groups in total. The van der Waals surface area contributed by atoms with Gasteiger partial charge in [0.1, 0.15) is 11.5 Å². The van der Waals surface area contributed by atoms with Crippen LogP contribution >= 0.6 is 34.2 Å². The van der Waals surface area contributed by atoms with Gasteiger partial charge in [0.15, 0.2) is 5.65 Å². The zero-order valence-electron chi connectivity index (χ0n) is 19.1. The van der Waals surface area contributed by atoms with Gasteiger partial charge in [-0.15, -0.1) is 0 Å². The minimum atomic E-state index is -0.310. The second kappa shape index (κ2) is 10.4. The minimum Gasteiger partial charge on any atom is -0.495 e. The molecule has 0 saturated carbocycles. The molecular weight excluding hydrogens is 581 g/mol. The molecule has 0 spiro atoms. The monoisotopic (exact) mass is 601 g/mol. The van der Waals surface area contributed by atoms with E-state index in [0.717, 1.165) is 25.6 Å². The van der Waals surface area contributed by atoms with Crippen LogP contribution in [0.4, 0.5) is 17.3 Å². The number of nitrogens with zero attached hydrogens (tertiary/aromatic N) is 3. The summed E-state index contributed by atoms with van der Waals surface area (Å²) in [6.45, 7) is 5.42. The lowest BCUT2D eigenvalue weighted by Crippen LogP contribution is -2.10. The molecule has 0 aliphatic rings. The number of pyridine rings is 1.